The molecule has 3 nitrogen and oxygen atoms in total. The number of nitrogens with one attached hydrogen (secondary N) is 1. The molecule has 1 aliphatic heterocycles. The number of aliphatic hydroxyl groups excluding tert-OH is 1. The number of halogens is 5. The Hall–Kier alpha value is -0.470. The number of hydrogen-bond acceptors (Lipinski definition) is 3. The fourth-order valence-corrected chi connectivity index (χ4v) is 2.51. The summed E-state index contributed by atoms with van der Waals surface area (Å²) in [5.74, 6) is -0.615. The van der Waals surface area contributed by atoms with Crippen LogP contribution in [0.5, 0.6) is 0 Å². The van der Waals surface area contributed by atoms with Gasteiger partial charge in [0.05, 0.1) is 13.2 Å². The van der Waals surface area contributed by atoms with Gasteiger partial charge in [0.2, 0.25) is 0 Å². The predicted molar refractivity (Wildman–Crippen MR) is 60.1 cm³/mol. The van der Waals surface area contributed by atoms with Gasteiger partial charge in [0.15, 0.2) is 0 Å². The number of hydrogen-bond donors (Lipinski definition) is 2. The molecule has 0 bridgehead atoms. The van der Waals surface area contributed by atoms with Crippen LogP contribution in [0.2, 0.25) is 0 Å². The van der Waals surface area contributed by atoms with Gasteiger partial charge in [0.25, 0.3) is 6.43 Å². The van der Waals surface area contributed by atoms with Gasteiger partial charge < -0.3 is 10.4 Å². The van der Waals surface area contributed by atoms with Gasteiger partial charge in [-0.2, -0.15) is 13.2 Å². The molecule has 1 heterocycles. The van der Waals surface area contributed by atoms with E-state index < -0.39 is 31.5 Å². The first-order chi connectivity index (χ1) is 8.80. The summed E-state index contributed by atoms with van der Waals surface area (Å²) in [7, 11) is 0. The smallest absolute Gasteiger partial charge is 0.389 e. The monoisotopic (exact) mass is 290 g/mol. The second-order valence-electron chi connectivity index (χ2n) is 4.90. The Kier molecular flexibility index (Phi) is 6.41. The molecule has 114 valence electrons. The van der Waals surface area contributed by atoms with Crippen LogP contribution in [0.25, 0.3) is 0 Å². The van der Waals surface area contributed by atoms with Crippen LogP contribution in [0.4, 0.5) is 22.0 Å². The number of aliphatic hydroxyl groups is 1. The normalized spacial score (nSPS) is 26.1. The molecule has 2 unspecified atom stereocenters. The van der Waals surface area contributed by atoms with Gasteiger partial charge >= 0.3 is 6.18 Å². The molecule has 0 radical (unpaired) electrons. The second-order valence-corrected chi connectivity index (χ2v) is 4.90. The first-order valence-corrected chi connectivity index (χ1v) is 6.21. The summed E-state index contributed by atoms with van der Waals surface area (Å²) in [6.07, 6.45) is -7.45. The van der Waals surface area contributed by atoms with Crippen molar-refractivity contribution >= 4 is 0 Å². The molecule has 2 atom stereocenters. The van der Waals surface area contributed by atoms with E-state index in [-0.39, 0.29) is 32.2 Å². The maximum Gasteiger partial charge on any atom is 0.389 e. The van der Waals surface area contributed by atoms with Crippen molar-refractivity contribution in [1.29, 1.82) is 0 Å². The Bertz CT molecular complexity index is 262. The van der Waals surface area contributed by atoms with Crippen molar-refractivity contribution in [3.05, 3.63) is 0 Å². The van der Waals surface area contributed by atoms with Crippen LogP contribution in [-0.2, 0) is 0 Å². The molecule has 0 aromatic carbocycles. The summed E-state index contributed by atoms with van der Waals surface area (Å²) < 4.78 is 61.4. The van der Waals surface area contributed by atoms with Gasteiger partial charge in [-0.25, -0.2) is 8.78 Å². The lowest BCUT2D eigenvalue weighted by molar-refractivity contribution is -0.149. The Labute approximate surface area is 108 Å². The van der Waals surface area contributed by atoms with Crippen molar-refractivity contribution in [3.8, 4) is 0 Å². The zero-order valence-electron chi connectivity index (χ0n) is 10.5. The number of rotatable bonds is 6. The van der Waals surface area contributed by atoms with E-state index in [1.165, 1.54) is 0 Å². The Morgan fingerprint density at radius 2 is 1.95 bits per heavy atom. The van der Waals surface area contributed by atoms with E-state index in [2.05, 4.69) is 5.32 Å². The van der Waals surface area contributed by atoms with Crippen LogP contribution in [-0.4, -0.2) is 61.4 Å². The molecule has 0 saturated carbocycles. The molecule has 0 amide bonds. The molecule has 1 saturated heterocycles. The molecule has 1 rings (SSSR count). The highest BCUT2D eigenvalue weighted by atomic mass is 19.4. The van der Waals surface area contributed by atoms with E-state index >= 15 is 0 Å². The highest BCUT2D eigenvalue weighted by Crippen LogP contribution is 2.30. The highest BCUT2D eigenvalue weighted by Gasteiger charge is 2.36. The molecule has 1 aliphatic rings. The molecule has 0 aromatic rings. The molecule has 2 N–H and O–H groups in total. The standard InChI is InChI=1S/C11H19F5N2O/c12-10(13)5-17-9-3-8(4-11(14,15)16)6-18(7-9)1-2-19/h8-10,17,19H,1-7H2. The minimum atomic E-state index is -4.25. The van der Waals surface area contributed by atoms with Crippen molar-refractivity contribution in [3.63, 3.8) is 0 Å². The second kappa shape index (κ2) is 7.35. The number of β-amino-alcohol motifs (C(OH)–C–C–N with tert-alkyl or cyclic N) is 1. The molecular weight excluding hydrogens is 271 g/mol. The van der Waals surface area contributed by atoms with E-state index in [4.69, 9.17) is 5.11 Å². The lowest BCUT2D eigenvalue weighted by Gasteiger charge is -2.38. The SMILES string of the molecule is OCCN1CC(CC(F)(F)F)CC(NCC(F)F)C1. The molecule has 0 aliphatic carbocycles. The first kappa shape index (κ1) is 16.6. The molecular formula is C11H19F5N2O. The van der Waals surface area contributed by atoms with E-state index in [9.17, 15) is 22.0 Å². The van der Waals surface area contributed by atoms with Gasteiger partial charge in [0.1, 0.15) is 0 Å². The quantitative estimate of drug-likeness (QED) is 0.727. The zero-order chi connectivity index (χ0) is 14.5. The largest absolute Gasteiger partial charge is 0.395 e. The maximum atomic E-state index is 12.4. The number of nitrogens with zero attached hydrogens (tertiary/aromatic N) is 1. The van der Waals surface area contributed by atoms with Crippen LogP contribution >= 0.6 is 0 Å². The molecule has 0 aromatic heterocycles. The maximum absolute atomic E-state index is 12.4. The minimum absolute atomic E-state index is 0.152. The molecule has 0 spiro atoms. The fraction of sp³-hybridized carbons (Fsp3) is 1.00. The van der Waals surface area contributed by atoms with Crippen molar-refractivity contribution in [2.75, 3.05) is 32.8 Å². The summed E-state index contributed by atoms with van der Waals surface area (Å²) in [4.78, 5) is 1.68. The van der Waals surface area contributed by atoms with Gasteiger partial charge in [0, 0.05) is 32.1 Å². The summed E-state index contributed by atoms with van der Waals surface area (Å²) in [5, 5.41) is 11.4. The molecule has 1 fully saturated rings. The van der Waals surface area contributed by atoms with Crippen LogP contribution < -0.4 is 5.32 Å². The summed E-state index contributed by atoms with van der Waals surface area (Å²) in [5.41, 5.74) is 0. The first-order valence-electron chi connectivity index (χ1n) is 6.21. The molecule has 8 heteroatoms. The third-order valence-corrected chi connectivity index (χ3v) is 3.11. The zero-order valence-corrected chi connectivity index (χ0v) is 10.5. The lowest BCUT2D eigenvalue weighted by Crippen LogP contribution is -2.51. The summed E-state index contributed by atoms with van der Waals surface area (Å²) >= 11 is 0. The van der Waals surface area contributed by atoms with Crippen LogP contribution in [0.15, 0.2) is 0 Å². The Morgan fingerprint density at radius 1 is 1.26 bits per heavy atom. The Balaban J connectivity index is 2.52. The van der Waals surface area contributed by atoms with Crippen LogP contribution in [0, 0.1) is 5.92 Å². The van der Waals surface area contributed by atoms with E-state index in [0.29, 0.717) is 6.54 Å². The number of alkyl halides is 5. The van der Waals surface area contributed by atoms with Crippen molar-refractivity contribution < 1.29 is 27.1 Å². The third kappa shape index (κ3) is 7.03. The summed E-state index contributed by atoms with van der Waals surface area (Å²) in [6.45, 7) is 0.229. The number of piperidine rings is 1. The minimum Gasteiger partial charge on any atom is -0.395 e. The summed E-state index contributed by atoms with van der Waals surface area (Å²) in [6, 6.07) is -0.387. The van der Waals surface area contributed by atoms with E-state index in [0.717, 1.165) is 0 Å². The lowest BCUT2D eigenvalue weighted by atomic mass is 9.91. The van der Waals surface area contributed by atoms with E-state index in [1.807, 2.05) is 0 Å². The van der Waals surface area contributed by atoms with Crippen molar-refractivity contribution in [1.82, 2.24) is 10.2 Å². The van der Waals surface area contributed by atoms with Gasteiger partial charge in [-0.15, -0.1) is 0 Å². The van der Waals surface area contributed by atoms with Crippen molar-refractivity contribution in [2.45, 2.75) is 31.5 Å². The average molecular weight is 290 g/mol. The van der Waals surface area contributed by atoms with E-state index in [1.54, 1.807) is 4.90 Å². The van der Waals surface area contributed by atoms with Crippen LogP contribution in [0.3, 0.4) is 0 Å². The average Bonchev–Trinajstić information content (AvgIpc) is 2.24. The van der Waals surface area contributed by atoms with Crippen molar-refractivity contribution in [2.24, 2.45) is 5.92 Å². The Morgan fingerprint density at radius 3 is 2.47 bits per heavy atom. The van der Waals surface area contributed by atoms with Gasteiger partial charge in [-0.05, 0) is 12.3 Å². The molecule has 19 heavy (non-hydrogen) atoms. The highest BCUT2D eigenvalue weighted by molar-refractivity contribution is 4.84. The number of likely N-dealkylation sites (tertiary alicyclic amines) is 1. The van der Waals surface area contributed by atoms with Gasteiger partial charge in [-0.3, -0.25) is 4.90 Å². The fourth-order valence-electron chi connectivity index (χ4n) is 2.51. The topological polar surface area (TPSA) is 35.5 Å². The predicted octanol–water partition coefficient (Wildman–Crippen LogP) is 1.48. The van der Waals surface area contributed by atoms with Crippen LogP contribution in [0.1, 0.15) is 12.8 Å². The third-order valence-electron chi connectivity index (χ3n) is 3.11. The van der Waals surface area contributed by atoms with Gasteiger partial charge in [-0.1, -0.05) is 0 Å².